The highest BCUT2D eigenvalue weighted by Crippen LogP contribution is 2.29. The lowest BCUT2D eigenvalue weighted by Crippen LogP contribution is -2.38. The van der Waals surface area contributed by atoms with E-state index in [1.54, 1.807) is 19.2 Å². The van der Waals surface area contributed by atoms with Crippen molar-refractivity contribution in [1.29, 1.82) is 0 Å². The Hall–Kier alpha value is -3.68. The molecule has 2 aromatic carbocycles. The summed E-state index contributed by atoms with van der Waals surface area (Å²) in [6.07, 6.45) is 0. The van der Waals surface area contributed by atoms with Gasteiger partial charge in [0.1, 0.15) is 18.9 Å². The molecule has 3 rings (SSSR count). The average Bonchev–Trinajstić information content (AvgIpc) is 3.22. The van der Waals surface area contributed by atoms with Gasteiger partial charge in [0.15, 0.2) is 11.7 Å². The van der Waals surface area contributed by atoms with Crippen molar-refractivity contribution in [2.24, 2.45) is 4.99 Å². The van der Waals surface area contributed by atoms with Gasteiger partial charge in [-0.1, -0.05) is 54.5 Å². The van der Waals surface area contributed by atoms with E-state index in [9.17, 15) is 9.18 Å². The molecule has 1 atom stereocenters. The fourth-order valence-corrected chi connectivity index (χ4v) is 2.97. The SMILES string of the molecule is CNC(=NCc1cc(C(C)c2ccc(-c3ccccc3)c(F)c2)no1)NCC(=O)O. The van der Waals surface area contributed by atoms with Gasteiger partial charge in [-0.2, -0.15) is 0 Å². The molecule has 0 radical (unpaired) electrons. The highest BCUT2D eigenvalue weighted by molar-refractivity contribution is 5.83. The Morgan fingerprint density at radius 2 is 2.00 bits per heavy atom. The highest BCUT2D eigenvalue weighted by Gasteiger charge is 2.16. The molecule has 0 fully saturated rings. The van der Waals surface area contributed by atoms with E-state index in [0.717, 1.165) is 11.1 Å². The molecule has 0 aliphatic heterocycles. The molecule has 0 saturated carbocycles. The molecule has 0 aliphatic rings. The lowest BCUT2D eigenvalue weighted by Gasteiger charge is -2.11. The maximum Gasteiger partial charge on any atom is 0.322 e. The van der Waals surface area contributed by atoms with Gasteiger partial charge in [-0.3, -0.25) is 4.79 Å². The van der Waals surface area contributed by atoms with Crippen LogP contribution in [0.25, 0.3) is 11.1 Å². The summed E-state index contributed by atoms with van der Waals surface area (Å²) in [5, 5.41) is 18.2. The predicted octanol–water partition coefficient (Wildman–Crippen LogP) is 3.38. The van der Waals surface area contributed by atoms with Gasteiger partial charge in [-0.05, 0) is 17.2 Å². The van der Waals surface area contributed by atoms with Crippen LogP contribution in [-0.2, 0) is 11.3 Å². The number of benzene rings is 2. The number of carboxylic acids is 1. The van der Waals surface area contributed by atoms with Crippen molar-refractivity contribution in [3.05, 3.63) is 77.4 Å². The summed E-state index contributed by atoms with van der Waals surface area (Å²) in [6, 6.07) is 16.3. The van der Waals surface area contributed by atoms with Crippen LogP contribution >= 0.6 is 0 Å². The van der Waals surface area contributed by atoms with Gasteiger partial charge in [-0.25, -0.2) is 9.38 Å². The van der Waals surface area contributed by atoms with Gasteiger partial charge in [0, 0.05) is 24.6 Å². The number of hydrogen-bond donors (Lipinski definition) is 3. The quantitative estimate of drug-likeness (QED) is 0.408. The number of carboxylic acid groups (broad SMARTS) is 1. The molecule has 0 saturated heterocycles. The Morgan fingerprint density at radius 1 is 1.23 bits per heavy atom. The fourth-order valence-electron chi connectivity index (χ4n) is 2.97. The van der Waals surface area contributed by atoms with Gasteiger partial charge in [0.25, 0.3) is 0 Å². The number of rotatable bonds is 7. The van der Waals surface area contributed by atoms with E-state index in [-0.39, 0.29) is 24.8 Å². The number of hydrogen-bond acceptors (Lipinski definition) is 4. The number of aliphatic imine (C=N–C) groups is 1. The van der Waals surface area contributed by atoms with Gasteiger partial charge in [0.05, 0.1) is 5.69 Å². The second kappa shape index (κ2) is 9.69. The first-order chi connectivity index (χ1) is 14.5. The van der Waals surface area contributed by atoms with Crippen molar-refractivity contribution in [3.8, 4) is 11.1 Å². The van der Waals surface area contributed by atoms with E-state index in [1.165, 1.54) is 6.07 Å². The molecule has 1 heterocycles. The van der Waals surface area contributed by atoms with Crippen molar-refractivity contribution in [2.75, 3.05) is 13.6 Å². The zero-order chi connectivity index (χ0) is 21.5. The van der Waals surface area contributed by atoms with Crippen LogP contribution in [0.1, 0.15) is 29.9 Å². The second-order valence-corrected chi connectivity index (χ2v) is 6.71. The van der Waals surface area contributed by atoms with E-state index in [0.29, 0.717) is 23.0 Å². The van der Waals surface area contributed by atoms with Crippen LogP contribution in [0.15, 0.2) is 64.1 Å². The Labute approximate surface area is 173 Å². The third kappa shape index (κ3) is 5.22. The zero-order valence-electron chi connectivity index (χ0n) is 16.7. The van der Waals surface area contributed by atoms with E-state index < -0.39 is 5.97 Å². The lowest BCUT2D eigenvalue weighted by atomic mass is 9.94. The topological polar surface area (TPSA) is 99.8 Å². The minimum atomic E-state index is -0.987. The fraction of sp³-hybridized carbons (Fsp3) is 0.227. The van der Waals surface area contributed by atoms with Crippen molar-refractivity contribution in [1.82, 2.24) is 15.8 Å². The first-order valence-electron chi connectivity index (χ1n) is 9.46. The molecule has 1 unspecified atom stereocenters. The van der Waals surface area contributed by atoms with Crippen LogP contribution in [0.5, 0.6) is 0 Å². The molecule has 3 N–H and O–H groups in total. The minimum Gasteiger partial charge on any atom is -0.480 e. The van der Waals surface area contributed by atoms with Crippen LogP contribution in [0.2, 0.25) is 0 Å². The molecule has 0 bridgehead atoms. The molecule has 1 aromatic heterocycles. The van der Waals surface area contributed by atoms with Crippen LogP contribution < -0.4 is 10.6 Å². The van der Waals surface area contributed by atoms with Crippen LogP contribution in [0.3, 0.4) is 0 Å². The lowest BCUT2D eigenvalue weighted by molar-refractivity contribution is -0.135. The molecule has 0 aliphatic carbocycles. The molecule has 0 amide bonds. The number of aromatic nitrogens is 1. The van der Waals surface area contributed by atoms with Crippen molar-refractivity contribution in [2.45, 2.75) is 19.4 Å². The third-order valence-electron chi connectivity index (χ3n) is 4.64. The number of nitrogens with zero attached hydrogens (tertiary/aromatic N) is 2. The van der Waals surface area contributed by atoms with Crippen molar-refractivity contribution in [3.63, 3.8) is 0 Å². The zero-order valence-corrected chi connectivity index (χ0v) is 16.7. The Kier molecular flexibility index (Phi) is 6.79. The Balaban J connectivity index is 1.71. The van der Waals surface area contributed by atoms with Crippen LogP contribution in [0, 0.1) is 5.82 Å². The van der Waals surface area contributed by atoms with E-state index in [4.69, 9.17) is 9.63 Å². The number of nitrogens with one attached hydrogen (secondary N) is 2. The van der Waals surface area contributed by atoms with Crippen molar-refractivity contribution >= 4 is 11.9 Å². The van der Waals surface area contributed by atoms with Gasteiger partial charge in [-0.15, -0.1) is 0 Å². The molecule has 8 heteroatoms. The number of carbonyl (C=O) groups is 1. The van der Waals surface area contributed by atoms with Gasteiger partial charge >= 0.3 is 5.97 Å². The largest absolute Gasteiger partial charge is 0.480 e. The van der Waals surface area contributed by atoms with Crippen LogP contribution in [0.4, 0.5) is 4.39 Å². The maximum atomic E-state index is 14.7. The number of halogens is 1. The molecule has 30 heavy (non-hydrogen) atoms. The second-order valence-electron chi connectivity index (χ2n) is 6.71. The Bertz CT molecular complexity index is 1030. The van der Waals surface area contributed by atoms with Crippen LogP contribution in [-0.4, -0.2) is 35.8 Å². The molecule has 3 aromatic rings. The minimum absolute atomic E-state index is 0.167. The van der Waals surface area contributed by atoms with E-state index in [2.05, 4.69) is 20.8 Å². The standard InChI is InChI=1S/C22H23FN4O3/c1-14(16-8-9-18(19(23)10-16)15-6-4-3-5-7-15)20-11-17(30-27-20)12-25-22(24-2)26-13-21(28)29/h3-11,14H,12-13H2,1-2H3,(H,28,29)(H2,24,25,26). The molecule has 156 valence electrons. The summed E-state index contributed by atoms with van der Waals surface area (Å²) in [5.41, 5.74) is 2.83. The summed E-state index contributed by atoms with van der Waals surface area (Å²) < 4.78 is 20.0. The highest BCUT2D eigenvalue weighted by atomic mass is 19.1. The smallest absolute Gasteiger partial charge is 0.322 e. The van der Waals surface area contributed by atoms with Gasteiger partial charge in [0.2, 0.25) is 0 Å². The average molecular weight is 410 g/mol. The van der Waals surface area contributed by atoms with E-state index >= 15 is 0 Å². The molecule has 7 nitrogen and oxygen atoms in total. The molecular formula is C22H23FN4O3. The summed E-state index contributed by atoms with van der Waals surface area (Å²) in [6.45, 7) is 1.86. The molecule has 0 spiro atoms. The normalized spacial score (nSPS) is 12.4. The summed E-state index contributed by atoms with van der Waals surface area (Å²) in [4.78, 5) is 14.9. The monoisotopic (exact) mass is 410 g/mol. The molecular weight excluding hydrogens is 387 g/mol. The number of aliphatic carboxylic acids is 1. The summed E-state index contributed by atoms with van der Waals surface area (Å²) >= 11 is 0. The summed E-state index contributed by atoms with van der Waals surface area (Å²) in [5.74, 6) is -0.592. The Morgan fingerprint density at radius 3 is 2.67 bits per heavy atom. The van der Waals surface area contributed by atoms with E-state index in [1.807, 2.05) is 43.3 Å². The number of guanidine groups is 1. The van der Waals surface area contributed by atoms with Crippen molar-refractivity contribution < 1.29 is 18.8 Å². The third-order valence-corrected chi connectivity index (χ3v) is 4.64. The summed E-state index contributed by atoms with van der Waals surface area (Å²) in [7, 11) is 1.63. The first-order valence-corrected chi connectivity index (χ1v) is 9.46. The van der Waals surface area contributed by atoms with Gasteiger partial charge < -0.3 is 20.3 Å². The predicted molar refractivity (Wildman–Crippen MR) is 112 cm³/mol. The first kappa shape index (κ1) is 21.0. The maximum absolute atomic E-state index is 14.7.